The Bertz CT molecular complexity index is 1160. The molecule has 3 aromatic carbocycles. The summed E-state index contributed by atoms with van der Waals surface area (Å²) in [7, 11) is 0. The number of aromatic nitrogens is 1. The predicted octanol–water partition coefficient (Wildman–Crippen LogP) is 4.27. The number of amides is 2. The lowest BCUT2D eigenvalue weighted by Crippen LogP contribution is -2.32. The van der Waals surface area contributed by atoms with Crippen molar-refractivity contribution in [2.75, 3.05) is 11.9 Å². The molecule has 0 unspecified atom stereocenters. The molecule has 0 aliphatic rings. The van der Waals surface area contributed by atoms with Crippen LogP contribution in [0.5, 0.6) is 0 Å². The highest BCUT2D eigenvalue weighted by atomic mass is 16.2. The normalized spacial score (nSPS) is 10.5. The molecule has 0 bridgehead atoms. The number of carbonyl (C=O) groups excluding carboxylic acids is 2. The van der Waals surface area contributed by atoms with Gasteiger partial charge in [0.15, 0.2) is 0 Å². The van der Waals surface area contributed by atoms with E-state index >= 15 is 0 Å². The fraction of sp³-hybridized carbons (Fsp3) is 0.0417. The van der Waals surface area contributed by atoms with E-state index in [1.807, 2.05) is 72.8 Å². The summed E-state index contributed by atoms with van der Waals surface area (Å²) < 4.78 is 0. The standard InChI is InChI=1S/C24H19N3O2/c28-23(27-21-14-20-8-4-5-9-22(20)25-15-21)16-26-24(29)19-12-10-18(11-13-19)17-6-2-1-3-7-17/h1-15H,16H2,(H,26,29)(H,27,28). The number of anilines is 1. The van der Waals surface area contributed by atoms with Crippen LogP contribution in [0.15, 0.2) is 91.1 Å². The third-order valence-electron chi connectivity index (χ3n) is 4.54. The number of rotatable bonds is 5. The molecule has 0 saturated carbocycles. The maximum absolute atomic E-state index is 12.3. The second-order valence-electron chi connectivity index (χ2n) is 6.59. The minimum absolute atomic E-state index is 0.119. The van der Waals surface area contributed by atoms with Gasteiger partial charge in [-0.25, -0.2) is 0 Å². The van der Waals surface area contributed by atoms with E-state index in [9.17, 15) is 9.59 Å². The first-order valence-corrected chi connectivity index (χ1v) is 9.27. The summed E-state index contributed by atoms with van der Waals surface area (Å²) in [5.74, 6) is -0.604. The van der Waals surface area contributed by atoms with Gasteiger partial charge in [0, 0.05) is 10.9 Å². The Labute approximate surface area is 168 Å². The molecule has 0 aliphatic carbocycles. The quantitative estimate of drug-likeness (QED) is 0.542. The van der Waals surface area contributed by atoms with E-state index in [-0.39, 0.29) is 18.4 Å². The van der Waals surface area contributed by atoms with Crippen LogP contribution >= 0.6 is 0 Å². The van der Waals surface area contributed by atoms with E-state index in [0.717, 1.165) is 22.0 Å². The summed E-state index contributed by atoms with van der Waals surface area (Å²) in [6, 6.07) is 26.7. The number of carbonyl (C=O) groups is 2. The average Bonchev–Trinajstić information content (AvgIpc) is 2.78. The van der Waals surface area contributed by atoms with Crippen LogP contribution in [0.4, 0.5) is 5.69 Å². The summed E-state index contributed by atoms with van der Waals surface area (Å²) in [6.45, 7) is -0.119. The molecule has 4 rings (SSSR count). The van der Waals surface area contributed by atoms with E-state index in [1.54, 1.807) is 18.3 Å². The number of hydrogen-bond acceptors (Lipinski definition) is 3. The van der Waals surface area contributed by atoms with Crippen LogP contribution in [0.1, 0.15) is 10.4 Å². The van der Waals surface area contributed by atoms with Gasteiger partial charge >= 0.3 is 0 Å². The maximum atomic E-state index is 12.3. The molecule has 4 aromatic rings. The van der Waals surface area contributed by atoms with Crippen LogP contribution in [0.25, 0.3) is 22.0 Å². The summed E-state index contributed by atoms with van der Waals surface area (Å²) in [6.07, 6.45) is 1.60. The second kappa shape index (κ2) is 8.35. The summed E-state index contributed by atoms with van der Waals surface area (Å²) >= 11 is 0. The highest BCUT2D eigenvalue weighted by Crippen LogP contribution is 2.19. The van der Waals surface area contributed by atoms with Crippen molar-refractivity contribution in [3.05, 3.63) is 96.7 Å². The number of para-hydroxylation sites is 1. The number of pyridine rings is 1. The van der Waals surface area contributed by atoms with E-state index in [4.69, 9.17) is 0 Å². The van der Waals surface area contributed by atoms with Gasteiger partial charge in [0.1, 0.15) is 0 Å². The van der Waals surface area contributed by atoms with Gasteiger partial charge in [-0.2, -0.15) is 0 Å². The molecule has 142 valence electrons. The Morgan fingerprint density at radius 2 is 1.48 bits per heavy atom. The zero-order valence-corrected chi connectivity index (χ0v) is 15.6. The van der Waals surface area contributed by atoms with Crippen LogP contribution < -0.4 is 10.6 Å². The molecule has 1 heterocycles. The molecule has 2 amide bonds. The van der Waals surface area contributed by atoms with Gasteiger partial charge in [0.05, 0.1) is 23.9 Å². The minimum Gasteiger partial charge on any atom is -0.343 e. The van der Waals surface area contributed by atoms with Crippen molar-refractivity contribution in [1.82, 2.24) is 10.3 Å². The molecule has 0 fully saturated rings. The van der Waals surface area contributed by atoms with Crippen molar-refractivity contribution < 1.29 is 9.59 Å². The Morgan fingerprint density at radius 3 is 2.28 bits per heavy atom. The topological polar surface area (TPSA) is 71.1 Å². The van der Waals surface area contributed by atoms with Crippen LogP contribution in [-0.2, 0) is 4.79 Å². The fourth-order valence-electron chi connectivity index (χ4n) is 3.05. The van der Waals surface area contributed by atoms with Gasteiger partial charge in [-0.1, -0.05) is 60.7 Å². The molecule has 0 spiro atoms. The van der Waals surface area contributed by atoms with E-state index < -0.39 is 0 Å². The molecule has 2 N–H and O–H groups in total. The van der Waals surface area contributed by atoms with E-state index in [1.165, 1.54) is 0 Å². The zero-order chi connectivity index (χ0) is 20.1. The number of fused-ring (bicyclic) bond motifs is 1. The summed E-state index contributed by atoms with van der Waals surface area (Å²) in [5, 5.41) is 6.34. The lowest BCUT2D eigenvalue weighted by atomic mass is 10.0. The van der Waals surface area contributed by atoms with Crippen molar-refractivity contribution in [2.45, 2.75) is 0 Å². The SMILES string of the molecule is O=C(CNC(=O)c1ccc(-c2ccccc2)cc1)Nc1cnc2ccccc2c1. The van der Waals surface area contributed by atoms with Crippen LogP contribution in [-0.4, -0.2) is 23.3 Å². The Balaban J connectivity index is 1.34. The predicted molar refractivity (Wildman–Crippen MR) is 115 cm³/mol. The highest BCUT2D eigenvalue weighted by Gasteiger charge is 2.09. The van der Waals surface area contributed by atoms with Gasteiger partial charge < -0.3 is 10.6 Å². The molecule has 29 heavy (non-hydrogen) atoms. The zero-order valence-electron chi connectivity index (χ0n) is 15.6. The van der Waals surface area contributed by atoms with Crippen molar-refractivity contribution in [3.63, 3.8) is 0 Å². The lowest BCUT2D eigenvalue weighted by molar-refractivity contribution is -0.115. The number of nitrogens with one attached hydrogen (secondary N) is 2. The van der Waals surface area contributed by atoms with Crippen molar-refractivity contribution in [3.8, 4) is 11.1 Å². The molecule has 0 saturated heterocycles. The first-order valence-electron chi connectivity index (χ1n) is 9.27. The van der Waals surface area contributed by atoms with Gasteiger partial charge in [-0.3, -0.25) is 14.6 Å². The molecular weight excluding hydrogens is 362 g/mol. The monoisotopic (exact) mass is 381 g/mol. The molecule has 5 nitrogen and oxygen atoms in total. The Morgan fingerprint density at radius 1 is 0.793 bits per heavy atom. The maximum Gasteiger partial charge on any atom is 0.251 e. The van der Waals surface area contributed by atoms with Gasteiger partial charge in [0.25, 0.3) is 5.91 Å². The molecule has 5 heteroatoms. The molecule has 0 atom stereocenters. The third kappa shape index (κ3) is 4.47. The Hall–Kier alpha value is -3.99. The number of hydrogen-bond donors (Lipinski definition) is 2. The number of nitrogens with zero attached hydrogens (tertiary/aromatic N) is 1. The number of benzene rings is 3. The van der Waals surface area contributed by atoms with Gasteiger partial charge in [-0.05, 0) is 35.4 Å². The highest BCUT2D eigenvalue weighted by molar-refractivity contribution is 6.00. The van der Waals surface area contributed by atoms with Crippen LogP contribution in [0.3, 0.4) is 0 Å². The molecular formula is C24H19N3O2. The largest absolute Gasteiger partial charge is 0.343 e. The first-order chi connectivity index (χ1) is 14.2. The fourth-order valence-corrected chi connectivity index (χ4v) is 3.05. The van der Waals surface area contributed by atoms with Gasteiger partial charge in [0.2, 0.25) is 5.91 Å². The third-order valence-corrected chi connectivity index (χ3v) is 4.54. The summed E-state index contributed by atoms with van der Waals surface area (Å²) in [4.78, 5) is 28.8. The lowest BCUT2D eigenvalue weighted by Gasteiger charge is -2.08. The van der Waals surface area contributed by atoms with Crippen molar-refractivity contribution in [1.29, 1.82) is 0 Å². The van der Waals surface area contributed by atoms with Gasteiger partial charge in [-0.15, -0.1) is 0 Å². The minimum atomic E-state index is -0.309. The molecule has 1 aromatic heterocycles. The molecule has 0 aliphatic heterocycles. The summed E-state index contributed by atoms with van der Waals surface area (Å²) in [5.41, 5.74) is 4.07. The first kappa shape index (κ1) is 18.4. The molecule has 0 radical (unpaired) electrons. The van der Waals surface area contributed by atoms with E-state index in [2.05, 4.69) is 15.6 Å². The van der Waals surface area contributed by atoms with Crippen molar-refractivity contribution in [2.24, 2.45) is 0 Å². The van der Waals surface area contributed by atoms with Crippen LogP contribution in [0.2, 0.25) is 0 Å². The Kier molecular flexibility index (Phi) is 5.29. The average molecular weight is 381 g/mol. The second-order valence-corrected chi connectivity index (χ2v) is 6.59. The smallest absolute Gasteiger partial charge is 0.251 e. The van der Waals surface area contributed by atoms with Crippen LogP contribution in [0, 0.1) is 0 Å². The van der Waals surface area contributed by atoms with E-state index in [0.29, 0.717) is 11.3 Å². The van der Waals surface area contributed by atoms with Crippen molar-refractivity contribution >= 4 is 28.4 Å².